The summed E-state index contributed by atoms with van der Waals surface area (Å²) in [6.45, 7) is 0. The minimum Gasteiger partial charge on any atom is -0.269 e. The van der Waals surface area contributed by atoms with Crippen molar-refractivity contribution in [3.8, 4) is 0 Å². The molecule has 46 heavy (non-hydrogen) atoms. The van der Waals surface area contributed by atoms with Crippen LogP contribution in [0, 0.1) is 14.3 Å². The minimum atomic E-state index is -1.55. The SMILES string of the molecule is O=C(/C=C/c1ccc(I)cc1)NS(=O)/C=C/c1ccc(I)cc1.O=S(/C=C\c1ccc(I)cc1)NS(=O)/C=C/c1ccc(I)cc1. The first-order valence-corrected chi connectivity index (χ1v) is 21.0. The summed E-state index contributed by atoms with van der Waals surface area (Å²) in [4.78, 5) is 11.7. The van der Waals surface area contributed by atoms with Crippen LogP contribution in [0.15, 0.2) is 119 Å². The summed E-state index contributed by atoms with van der Waals surface area (Å²) in [5.74, 6) is -0.394. The van der Waals surface area contributed by atoms with Crippen LogP contribution in [0.1, 0.15) is 22.3 Å². The molecular weight excluding hydrogens is 1090 g/mol. The monoisotopic (exact) mass is 1120 g/mol. The summed E-state index contributed by atoms with van der Waals surface area (Å²) >= 11 is 8.89. The molecule has 0 aliphatic rings. The lowest BCUT2D eigenvalue weighted by molar-refractivity contribution is -0.114. The van der Waals surface area contributed by atoms with Crippen molar-refractivity contribution in [3.63, 3.8) is 0 Å². The van der Waals surface area contributed by atoms with Gasteiger partial charge in [-0.3, -0.25) is 9.52 Å². The van der Waals surface area contributed by atoms with E-state index in [9.17, 15) is 17.4 Å². The maximum atomic E-state index is 11.8. The third-order valence-electron chi connectivity index (χ3n) is 5.42. The first kappa shape index (κ1) is 39.1. The average molecular weight is 1120 g/mol. The largest absolute Gasteiger partial charge is 0.269 e. The van der Waals surface area contributed by atoms with Crippen LogP contribution in [-0.4, -0.2) is 18.5 Å². The highest BCUT2D eigenvalue weighted by Crippen LogP contribution is 2.11. The summed E-state index contributed by atoms with van der Waals surface area (Å²) in [6.07, 6.45) is 8.25. The van der Waals surface area contributed by atoms with E-state index in [1.807, 2.05) is 97.1 Å². The van der Waals surface area contributed by atoms with Gasteiger partial charge < -0.3 is 0 Å². The molecule has 238 valence electrons. The molecule has 0 aliphatic carbocycles. The molecule has 0 aliphatic heterocycles. The van der Waals surface area contributed by atoms with Gasteiger partial charge in [0.25, 0.3) is 5.91 Å². The van der Waals surface area contributed by atoms with Crippen LogP contribution in [0.2, 0.25) is 0 Å². The molecular formula is C33H26I4N2O4S3. The zero-order chi connectivity index (χ0) is 33.3. The predicted octanol–water partition coefficient (Wildman–Crippen LogP) is 8.81. The molecule has 13 heteroatoms. The molecule has 0 bridgehead atoms. The topological polar surface area (TPSA) is 92.3 Å². The lowest BCUT2D eigenvalue weighted by Gasteiger charge is -1.98. The quantitative estimate of drug-likeness (QED) is 0.116. The second-order valence-corrected chi connectivity index (χ2v) is 17.3. The van der Waals surface area contributed by atoms with Gasteiger partial charge in [-0.15, -0.1) is 4.13 Å². The van der Waals surface area contributed by atoms with Gasteiger partial charge in [-0.25, -0.2) is 12.6 Å². The van der Waals surface area contributed by atoms with Crippen LogP contribution in [0.3, 0.4) is 0 Å². The standard InChI is InChI=1S/C17H13I2NO2S.C16H13I2NO2S2/c18-15-6-1-13(2-7-15)5-10-17(21)20-23(22)12-11-14-3-8-16(19)9-4-14;17-15-5-1-13(2-6-15)9-11-22(20)19-23(21)12-10-14-3-7-16(18)8-4-14/h1-12H,(H,20,21);1-12,19H/b10-5+,12-11+;11-9-,12-10+. The Labute approximate surface area is 331 Å². The van der Waals surface area contributed by atoms with Crippen molar-refractivity contribution >= 4 is 154 Å². The van der Waals surface area contributed by atoms with Crippen molar-refractivity contribution in [1.82, 2.24) is 8.85 Å². The Morgan fingerprint density at radius 2 is 0.739 bits per heavy atom. The summed E-state index contributed by atoms with van der Waals surface area (Å²) in [7, 11) is -4.56. The average Bonchev–Trinajstić information content (AvgIpc) is 3.04. The number of benzene rings is 4. The van der Waals surface area contributed by atoms with Crippen LogP contribution < -0.4 is 8.85 Å². The summed E-state index contributed by atoms with van der Waals surface area (Å²) in [5, 5.41) is 4.43. The van der Waals surface area contributed by atoms with Gasteiger partial charge in [0.1, 0.15) is 33.0 Å². The van der Waals surface area contributed by atoms with Crippen molar-refractivity contribution < 1.29 is 17.4 Å². The first-order chi connectivity index (χ1) is 22.0. The van der Waals surface area contributed by atoms with Gasteiger partial charge in [0.05, 0.1) is 0 Å². The van der Waals surface area contributed by atoms with Crippen LogP contribution in [0.5, 0.6) is 0 Å². The van der Waals surface area contributed by atoms with Crippen LogP contribution >= 0.6 is 90.4 Å². The molecule has 0 saturated carbocycles. The Hall–Kier alpha value is -1.36. The van der Waals surface area contributed by atoms with Gasteiger partial charge in [-0.2, -0.15) is 0 Å². The molecule has 0 aromatic heterocycles. The lowest BCUT2D eigenvalue weighted by Crippen LogP contribution is -2.21. The van der Waals surface area contributed by atoms with Crippen LogP contribution in [0.25, 0.3) is 24.3 Å². The third-order valence-corrected chi connectivity index (χ3v) is 11.2. The van der Waals surface area contributed by atoms with E-state index in [4.69, 9.17) is 0 Å². The molecule has 4 aromatic carbocycles. The second kappa shape index (κ2) is 21.6. The number of carbonyl (C=O) groups is 1. The molecule has 0 fully saturated rings. The molecule has 0 saturated heterocycles. The fraction of sp³-hybridized carbons (Fsp3) is 0. The smallest absolute Gasteiger partial charge is 0.255 e. The molecule has 3 atom stereocenters. The molecule has 1 amide bonds. The zero-order valence-electron chi connectivity index (χ0n) is 23.7. The number of halogens is 4. The molecule has 6 nitrogen and oxygen atoms in total. The molecule has 0 radical (unpaired) electrons. The summed E-state index contributed by atoms with van der Waals surface area (Å²) < 4.78 is 44.9. The Morgan fingerprint density at radius 1 is 0.457 bits per heavy atom. The fourth-order valence-corrected chi connectivity index (χ4v) is 6.90. The number of carbonyl (C=O) groups excluding carboxylic acids is 1. The van der Waals surface area contributed by atoms with E-state index in [0.717, 1.165) is 36.5 Å². The molecule has 0 spiro atoms. The van der Waals surface area contributed by atoms with Crippen LogP contribution in [-0.2, 0) is 37.8 Å². The van der Waals surface area contributed by atoms with Gasteiger partial charge in [0.15, 0.2) is 0 Å². The number of rotatable bonds is 11. The van der Waals surface area contributed by atoms with E-state index in [1.165, 1.54) is 22.3 Å². The second-order valence-electron chi connectivity index (χ2n) is 8.89. The van der Waals surface area contributed by atoms with Gasteiger partial charge in [0, 0.05) is 36.6 Å². The highest BCUT2D eigenvalue weighted by molar-refractivity contribution is 14.1. The van der Waals surface area contributed by atoms with Crippen molar-refractivity contribution in [2.45, 2.75) is 0 Å². The predicted molar refractivity (Wildman–Crippen MR) is 228 cm³/mol. The number of amides is 1. The molecule has 4 aromatic rings. The maximum absolute atomic E-state index is 11.8. The number of hydrogen-bond acceptors (Lipinski definition) is 4. The number of nitrogens with one attached hydrogen (secondary N) is 2. The van der Waals surface area contributed by atoms with Gasteiger partial charge >= 0.3 is 0 Å². The van der Waals surface area contributed by atoms with E-state index < -0.39 is 38.9 Å². The molecule has 3 unspecified atom stereocenters. The van der Waals surface area contributed by atoms with Crippen LogP contribution in [0.4, 0.5) is 0 Å². The van der Waals surface area contributed by atoms with E-state index in [2.05, 4.69) is 99.2 Å². The highest BCUT2D eigenvalue weighted by atomic mass is 127. The van der Waals surface area contributed by atoms with Gasteiger partial charge in [-0.05, 0) is 185 Å². The molecule has 4 rings (SSSR count). The number of hydrogen-bond donors (Lipinski definition) is 2. The molecule has 2 N–H and O–H groups in total. The van der Waals surface area contributed by atoms with E-state index >= 15 is 0 Å². The summed E-state index contributed by atoms with van der Waals surface area (Å²) in [6, 6.07) is 31.1. The third kappa shape index (κ3) is 16.6. The Bertz CT molecular complexity index is 1510. The Morgan fingerprint density at radius 3 is 1.07 bits per heavy atom. The zero-order valence-corrected chi connectivity index (χ0v) is 34.8. The first-order valence-electron chi connectivity index (χ1n) is 13.1. The van der Waals surface area contributed by atoms with Crippen molar-refractivity contribution in [3.05, 3.63) is 156 Å². The molecule has 0 heterocycles. The Balaban J connectivity index is 0.000000250. The normalized spacial score (nSPS) is 13.5. The summed E-state index contributed by atoms with van der Waals surface area (Å²) in [5.41, 5.74) is 3.74. The van der Waals surface area contributed by atoms with Crippen molar-refractivity contribution in [1.29, 1.82) is 0 Å². The van der Waals surface area contributed by atoms with E-state index in [-0.39, 0.29) is 0 Å². The van der Waals surface area contributed by atoms with Gasteiger partial charge in [0.2, 0.25) is 0 Å². The fourth-order valence-electron chi connectivity index (χ4n) is 3.19. The van der Waals surface area contributed by atoms with Crippen molar-refractivity contribution in [2.75, 3.05) is 0 Å². The van der Waals surface area contributed by atoms with Crippen molar-refractivity contribution in [2.24, 2.45) is 0 Å². The minimum absolute atomic E-state index is 0.394. The van der Waals surface area contributed by atoms with Gasteiger partial charge in [-0.1, -0.05) is 48.5 Å². The lowest BCUT2D eigenvalue weighted by atomic mass is 10.2. The maximum Gasteiger partial charge on any atom is 0.255 e. The Kier molecular flexibility index (Phi) is 18.3. The van der Waals surface area contributed by atoms with E-state index in [0.29, 0.717) is 0 Å². The van der Waals surface area contributed by atoms with E-state index in [1.54, 1.807) is 24.3 Å². The highest BCUT2D eigenvalue weighted by Gasteiger charge is 2.00.